The van der Waals surface area contributed by atoms with E-state index in [1.54, 1.807) is 0 Å². The lowest BCUT2D eigenvalue weighted by atomic mass is 10.1. The molecule has 0 radical (unpaired) electrons. The normalized spacial score (nSPS) is 21.8. The van der Waals surface area contributed by atoms with Crippen LogP contribution in [0.5, 0.6) is 5.75 Å². The van der Waals surface area contributed by atoms with Gasteiger partial charge in [0.15, 0.2) is 0 Å². The van der Waals surface area contributed by atoms with Gasteiger partial charge in [0.25, 0.3) is 0 Å². The standard InChI is InChI=1S/C19H21NO3/c1-14-10-15-11-17(5-6-18(15)23-14)22-12-16-4-2-3-9-20(16)19(13-21)7-8-19/h2-6,9-11,16,21H,7-8,12-13H2,1H3. The topological polar surface area (TPSA) is 45.8 Å². The number of aliphatic hydroxyl groups excluding tert-OH is 1. The third-order valence-corrected chi connectivity index (χ3v) is 4.75. The predicted octanol–water partition coefficient (Wildman–Crippen LogP) is 3.40. The van der Waals surface area contributed by atoms with E-state index in [4.69, 9.17) is 9.15 Å². The zero-order valence-electron chi connectivity index (χ0n) is 13.2. The van der Waals surface area contributed by atoms with Gasteiger partial charge in [-0.1, -0.05) is 12.2 Å². The molecule has 2 aliphatic rings. The zero-order chi connectivity index (χ0) is 15.9. The summed E-state index contributed by atoms with van der Waals surface area (Å²) in [7, 11) is 0. The molecule has 1 aliphatic heterocycles. The summed E-state index contributed by atoms with van der Waals surface area (Å²) >= 11 is 0. The smallest absolute Gasteiger partial charge is 0.134 e. The fourth-order valence-electron chi connectivity index (χ4n) is 3.25. The van der Waals surface area contributed by atoms with Crippen LogP contribution in [0.3, 0.4) is 0 Å². The Hall–Kier alpha value is -2.20. The van der Waals surface area contributed by atoms with Crippen LogP contribution < -0.4 is 4.74 Å². The monoisotopic (exact) mass is 311 g/mol. The van der Waals surface area contributed by atoms with Gasteiger partial charge < -0.3 is 19.2 Å². The number of allylic oxidation sites excluding steroid dienone is 2. The molecule has 1 aromatic carbocycles. The summed E-state index contributed by atoms with van der Waals surface area (Å²) < 4.78 is 11.6. The summed E-state index contributed by atoms with van der Waals surface area (Å²) in [5.74, 6) is 1.75. The van der Waals surface area contributed by atoms with E-state index in [2.05, 4.69) is 17.2 Å². The number of furan rings is 1. The van der Waals surface area contributed by atoms with Crippen molar-refractivity contribution in [3.05, 3.63) is 54.5 Å². The molecule has 0 amide bonds. The van der Waals surface area contributed by atoms with Crippen molar-refractivity contribution in [2.24, 2.45) is 0 Å². The molecule has 1 saturated carbocycles. The minimum Gasteiger partial charge on any atom is -0.491 e. The van der Waals surface area contributed by atoms with Gasteiger partial charge >= 0.3 is 0 Å². The van der Waals surface area contributed by atoms with Crippen LogP contribution in [-0.4, -0.2) is 34.8 Å². The number of aliphatic hydroxyl groups is 1. The molecule has 23 heavy (non-hydrogen) atoms. The Balaban J connectivity index is 1.48. The summed E-state index contributed by atoms with van der Waals surface area (Å²) in [6, 6.07) is 8.07. The van der Waals surface area contributed by atoms with E-state index < -0.39 is 0 Å². The van der Waals surface area contributed by atoms with E-state index in [0.717, 1.165) is 35.3 Å². The molecule has 4 heteroatoms. The molecule has 1 atom stereocenters. The first-order valence-electron chi connectivity index (χ1n) is 8.07. The highest BCUT2D eigenvalue weighted by atomic mass is 16.5. The van der Waals surface area contributed by atoms with Gasteiger partial charge in [0.05, 0.1) is 18.2 Å². The second-order valence-corrected chi connectivity index (χ2v) is 6.45. The maximum Gasteiger partial charge on any atom is 0.134 e. The van der Waals surface area contributed by atoms with Gasteiger partial charge in [0.1, 0.15) is 23.7 Å². The van der Waals surface area contributed by atoms with Gasteiger partial charge in [0.2, 0.25) is 0 Å². The highest BCUT2D eigenvalue weighted by molar-refractivity contribution is 5.79. The maximum absolute atomic E-state index is 9.68. The average Bonchev–Trinajstić information content (AvgIpc) is 3.28. The fraction of sp³-hybridized carbons (Fsp3) is 0.368. The van der Waals surface area contributed by atoms with Gasteiger partial charge in [-0.15, -0.1) is 0 Å². The SMILES string of the molecule is Cc1cc2cc(OCC3C=CC=CN3C3(CO)CC3)ccc2o1. The Morgan fingerprint density at radius 2 is 2.17 bits per heavy atom. The number of rotatable bonds is 5. The van der Waals surface area contributed by atoms with Crippen molar-refractivity contribution in [1.82, 2.24) is 4.90 Å². The van der Waals surface area contributed by atoms with Crippen molar-refractivity contribution >= 4 is 11.0 Å². The lowest BCUT2D eigenvalue weighted by Gasteiger charge is -2.36. The van der Waals surface area contributed by atoms with Crippen LogP contribution in [0.15, 0.2) is 53.1 Å². The molecule has 4 rings (SSSR count). The largest absolute Gasteiger partial charge is 0.491 e. The zero-order valence-corrected chi connectivity index (χ0v) is 13.2. The van der Waals surface area contributed by atoms with E-state index in [-0.39, 0.29) is 18.2 Å². The minimum atomic E-state index is -0.0824. The molecule has 1 fully saturated rings. The van der Waals surface area contributed by atoms with Crippen LogP contribution in [0, 0.1) is 6.92 Å². The molecule has 2 heterocycles. The van der Waals surface area contributed by atoms with Crippen molar-refractivity contribution in [1.29, 1.82) is 0 Å². The van der Waals surface area contributed by atoms with Gasteiger partial charge in [-0.2, -0.15) is 0 Å². The van der Waals surface area contributed by atoms with Gasteiger partial charge in [-0.25, -0.2) is 0 Å². The molecule has 2 aromatic rings. The molecule has 0 bridgehead atoms. The summed E-state index contributed by atoms with van der Waals surface area (Å²) in [6.45, 7) is 2.70. The predicted molar refractivity (Wildman–Crippen MR) is 89.4 cm³/mol. The molecular formula is C19H21NO3. The van der Waals surface area contributed by atoms with E-state index in [0.29, 0.717) is 6.61 Å². The van der Waals surface area contributed by atoms with Crippen molar-refractivity contribution in [2.75, 3.05) is 13.2 Å². The Morgan fingerprint density at radius 3 is 2.96 bits per heavy atom. The molecule has 1 unspecified atom stereocenters. The third kappa shape index (κ3) is 2.63. The Kier molecular flexibility index (Phi) is 3.42. The third-order valence-electron chi connectivity index (χ3n) is 4.75. The Labute approximate surface area is 135 Å². The second kappa shape index (κ2) is 5.46. The lowest BCUT2D eigenvalue weighted by Crippen LogP contribution is -2.46. The molecule has 4 nitrogen and oxygen atoms in total. The number of nitrogens with zero attached hydrogens (tertiary/aromatic N) is 1. The minimum absolute atomic E-state index is 0.0824. The number of hydrogen-bond acceptors (Lipinski definition) is 4. The van der Waals surface area contributed by atoms with Crippen LogP contribution in [0.4, 0.5) is 0 Å². The van der Waals surface area contributed by atoms with Crippen LogP contribution >= 0.6 is 0 Å². The van der Waals surface area contributed by atoms with E-state index in [9.17, 15) is 5.11 Å². The van der Waals surface area contributed by atoms with Crippen molar-refractivity contribution in [2.45, 2.75) is 31.3 Å². The molecular weight excluding hydrogens is 290 g/mol. The highest BCUT2D eigenvalue weighted by Gasteiger charge is 2.48. The quantitative estimate of drug-likeness (QED) is 0.919. The fourth-order valence-corrected chi connectivity index (χ4v) is 3.25. The van der Waals surface area contributed by atoms with Crippen LogP contribution in [0.25, 0.3) is 11.0 Å². The lowest BCUT2D eigenvalue weighted by molar-refractivity contribution is 0.102. The second-order valence-electron chi connectivity index (χ2n) is 6.45. The first-order chi connectivity index (χ1) is 11.2. The molecule has 1 aliphatic carbocycles. The summed E-state index contributed by atoms with van der Waals surface area (Å²) in [5.41, 5.74) is 0.801. The van der Waals surface area contributed by atoms with E-state index >= 15 is 0 Å². The maximum atomic E-state index is 9.68. The van der Waals surface area contributed by atoms with Gasteiger partial charge in [-0.05, 0) is 50.1 Å². The van der Waals surface area contributed by atoms with E-state index in [1.165, 1.54) is 0 Å². The summed E-state index contributed by atoms with van der Waals surface area (Å²) in [5, 5.41) is 10.7. The van der Waals surface area contributed by atoms with Crippen LogP contribution in [0.2, 0.25) is 0 Å². The van der Waals surface area contributed by atoms with Gasteiger partial charge in [-0.3, -0.25) is 0 Å². The molecule has 0 saturated heterocycles. The first-order valence-corrected chi connectivity index (χ1v) is 8.07. The van der Waals surface area contributed by atoms with Crippen molar-refractivity contribution in [3.63, 3.8) is 0 Å². The molecule has 1 aromatic heterocycles. The molecule has 1 N–H and O–H groups in total. The summed E-state index contributed by atoms with van der Waals surface area (Å²) in [4.78, 5) is 2.24. The van der Waals surface area contributed by atoms with Gasteiger partial charge in [0, 0.05) is 11.6 Å². The van der Waals surface area contributed by atoms with Crippen molar-refractivity contribution < 1.29 is 14.3 Å². The van der Waals surface area contributed by atoms with E-state index in [1.807, 2.05) is 43.3 Å². The number of fused-ring (bicyclic) bond motifs is 1. The first kappa shape index (κ1) is 14.4. The number of aryl methyl sites for hydroxylation is 1. The highest BCUT2D eigenvalue weighted by Crippen LogP contribution is 2.43. The average molecular weight is 311 g/mol. The Morgan fingerprint density at radius 1 is 1.30 bits per heavy atom. The molecule has 0 spiro atoms. The number of ether oxygens (including phenoxy) is 1. The summed E-state index contributed by atoms with van der Waals surface area (Å²) in [6.07, 6.45) is 10.3. The van der Waals surface area contributed by atoms with Crippen molar-refractivity contribution in [3.8, 4) is 5.75 Å². The Bertz CT molecular complexity index is 770. The number of hydrogen-bond donors (Lipinski definition) is 1. The number of benzene rings is 1. The molecule has 120 valence electrons. The van der Waals surface area contributed by atoms with Crippen LogP contribution in [0.1, 0.15) is 18.6 Å². The van der Waals surface area contributed by atoms with Crippen LogP contribution in [-0.2, 0) is 0 Å².